The van der Waals surface area contributed by atoms with Crippen LogP contribution in [0.1, 0.15) is 38.5 Å². The molecule has 2 N–H and O–H groups in total. The molecular weight excluding hydrogens is 433 g/mol. The first-order valence-electron chi connectivity index (χ1n) is 11.3. The number of carbonyl (C=O) groups excluding carboxylic acids is 2. The topological polar surface area (TPSA) is 74.6 Å². The molecule has 0 bridgehead atoms. The van der Waals surface area contributed by atoms with Crippen molar-refractivity contribution in [2.75, 3.05) is 22.1 Å². The number of nitrogens with zero attached hydrogens (tertiary/aromatic N) is 1. The highest BCUT2D eigenvalue weighted by molar-refractivity contribution is 6.02. The maximum atomic E-state index is 13.6. The van der Waals surface area contributed by atoms with Crippen LogP contribution >= 0.6 is 0 Å². The van der Waals surface area contributed by atoms with Crippen molar-refractivity contribution >= 4 is 28.8 Å². The standard InChI is InChI=1S/C27H26FN3O3/c1-27(2)14-20-25(22(32)15-27)26(23-11-6-12-34-23)31(21-10-4-3-9-19(21)30-20)16-24(33)29-18-8-5-7-17(28)13-18/h3-13,26,30H,14-16H2,1-2H3,(H,29,33). The first kappa shape index (κ1) is 21.9. The molecule has 1 unspecified atom stereocenters. The van der Waals surface area contributed by atoms with Gasteiger partial charge in [-0.15, -0.1) is 0 Å². The molecule has 0 spiro atoms. The predicted octanol–water partition coefficient (Wildman–Crippen LogP) is 5.67. The van der Waals surface area contributed by atoms with Gasteiger partial charge in [0, 0.05) is 23.4 Å². The van der Waals surface area contributed by atoms with Gasteiger partial charge in [-0.3, -0.25) is 9.59 Å². The number of hydrogen-bond acceptors (Lipinski definition) is 5. The van der Waals surface area contributed by atoms with Crippen LogP contribution in [0.4, 0.5) is 21.5 Å². The Morgan fingerprint density at radius 2 is 1.97 bits per heavy atom. The molecule has 2 heterocycles. The Morgan fingerprint density at radius 3 is 2.74 bits per heavy atom. The lowest BCUT2D eigenvalue weighted by Gasteiger charge is -2.36. The van der Waals surface area contributed by atoms with Gasteiger partial charge in [0.25, 0.3) is 0 Å². The first-order valence-corrected chi connectivity index (χ1v) is 11.3. The molecule has 1 aromatic heterocycles. The number of hydrogen-bond donors (Lipinski definition) is 2. The van der Waals surface area contributed by atoms with E-state index in [2.05, 4.69) is 24.5 Å². The number of para-hydroxylation sites is 2. The van der Waals surface area contributed by atoms with Crippen molar-refractivity contribution in [2.24, 2.45) is 5.41 Å². The third kappa shape index (κ3) is 4.21. The number of amides is 1. The summed E-state index contributed by atoms with van der Waals surface area (Å²) in [5.41, 5.74) is 3.24. The van der Waals surface area contributed by atoms with Crippen LogP contribution in [0.3, 0.4) is 0 Å². The van der Waals surface area contributed by atoms with Crippen molar-refractivity contribution in [3.05, 3.63) is 89.8 Å². The van der Waals surface area contributed by atoms with E-state index in [-0.39, 0.29) is 23.7 Å². The van der Waals surface area contributed by atoms with Crippen molar-refractivity contribution in [3.63, 3.8) is 0 Å². The fourth-order valence-electron chi connectivity index (χ4n) is 4.89. The number of ketones is 1. The Hall–Kier alpha value is -3.87. The van der Waals surface area contributed by atoms with E-state index < -0.39 is 11.9 Å². The fourth-order valence-corrected chi connectivity index (χ4v) is 4.89. The number of rotatable bonds is 4. The Bertz CT molecular complexity index is 1280. The molecule has 1 aliphatic heterocycles. The van der Waals surface area contributed by atoms with Crippen molar-refractivity contribution in [3.8, 4) is 0 Å². The minimum Gasteiger partial charge on any atom is -0.467 e. The second-order valence-corrected chi connectivity index (χ2v) is 9.58. The number of fused-ring (bicyclic) bond motifs is 1. The molecule has 6 nitrogen and oxygen atoms in total. The SMILES string of the molecule is CC1(C)CC(=O)C2=C(C1)Nc1ccccc1N(CC(=O)Nc1cccc(F)c1)C2c1ccco1. The van der Waals surface area contributed by atoms with Gasteiger partial charge in [0.1, 0.15) is 17.6 Å². The molecule has 174 valence electrons. The van der Waals surface area contributed by atoms with E-state index in [0.29, 0.717) is 29.9 Å². The van der Waals surface area contributed by atoms with Crippen LogP contribution in [-0.2, 0) is 9.59 Å². The lowest BCUT2D eigenvalue weighted by molar-refractivity contribution is -0.119. The maximum absolute atomic E-state index is 13.6. The molecule has 34 heavy (non-hydrogen) atoms. The maximum Gasteiger partial charge on any atom is 0.243 e. The van der Waals surface area contributed by atoms with Gasteiger partial charge in [-0.05, 0) is 54.3 Å². The van der Waals surface area contributed by atoms with Gasteiger partial charge in [0.15, 0.2) is 5.78 Å². The van der Waals surface area contributed by atoms with Crippen LogP contribution in [0.15, 0.2) is 82.6 Å². The number of furan rings is 1. The summed E-state index contributed by atoms with van der Waals surface area (Å²) in [5, 5.41) is 6.26. The lowest BCUT2D eigenvalue weighted by atomic mass is 9.74. The number of Topliss-reactive ketones (excluding diaryl/α,β-unsaturated/α-hetero) is 1. The Balaban J connectivity index is 1.60. The molecule has 0 saturated carbocycles. The summed E-state index contributed by atoms with van der Waals surface area (Å²) >= 11 is 0. The molecule has 2 aromatic carbocycles. The minimum atomic E-state index is -0.581. The van der Waals surface area contributed by atoms with Gasteiger partial charge >= 0.3 is 0 Å². The molecule has 5 rings (SSSR count). The minimum absolute atomic E-state index is 0.0310. The summed E-state index contributed by atoms with van der Waals surface area (Å²) in [6, 6.07) is 16.5. The second kappa shape index (κ2) is 8.48. The van der Waals surface area contributed by atoms with E-state index in [1.807, 2.05) is 35.2 Å². The fraction of sp³-hybridized carbons (Fsp3) is 0.259. The van der Waals surface area contributed by atoms with E-state index in [0.717, 1.165) is 17.1 Å². The molecule has 1 amide bonds. The summed E-state index contributed by atoms with van der Waals surface area (Å²) in [5.74, 6) is -0.147. The summed E-state index contributed by atoms with van der Waals surface area (Å²) in [6.07, 6.45) is 2.68. The lowest BCUT2D eigenvalue weighted by Crippen LogP contribution is -2.40. The Kier molecular flexibility index (Phi) is 5.48. The van der Waals surface area contributed by atoms with Gasteiger partial charge in [-0.1, -0.05) is 32.0 Å². The normalized spacial score (nSPS) is 19.1. The molecule has 7 heteroatoms. The molecule has 3 aromatic rings. The molecule has 1 aliphatic carbocycles. The number of benzene rings is 2. The highest BCUT2D eigenvalue weighted by Gasteiger charge is 2.42. The first-order chi connectivity index (χ1) is 16.3. The molecule has 2 aliphatic rings. The number of nitrogens with one attached hydrogen (secondary N) is 2. The summed E-state index contributed by atoms with van der Waals surface area (Å²) in [4.78, 5) is 28.5. The van der Waals surface area contributed by atoms with E-state index in [1.54, 1.807) is 24.5 Å². The number of anilines is 3. The van der Waals surface area contributed by atoms with E-state index >= 15 is 0 Å². The molecule has 1 atom stereocenters. The zero-order chi connectivity index (χ0) is 23.9. The van der Waals surface area contributed by atoms with Crippen LogP contribution in [-0.4, -0.2) is 18.2 Å². The van der Waals surface area contributed by atoms with E-state index in [9.17, 15) is 14.0 Å². The molecular formula is C27H26FN3O3. The molecule has 0 fully saturated rings. The quantitative estimate of drug-likeness (QED) is 0.526. The Labute approximate surface area is 197 Å². The highest BCUT2D eigenvalue weighted by atomic mass is 19.1. The summed E-state index contributed by atoms with van der Waals surface area (Å²) in [6.45, 7) is 4.10. The van der Waals surface area contributed by atoms with Crippen molar-refractivity contribution < 1.29 is 18.4 Å². The van der Waals surface area contributed by atoms with Gasteiger partial charge in [0.05, 0.1) is 24.2 Å². The number of halogens is 1. The Morgan fingerprint density at radius 1 is 1.15 bits per heavy atom. The summed E-state index contributed by atoms with van der Waals surface area (Å²) in [7, 11) is 0. The summed E-state index contributed by atoms with van der Waals surface area (Å²) < 4.78 is 19.4. The van der Waals surface area contributed by atoms with Crippen LogP contribution < -0.4 is 15.5 Å². The average molecular weight is 460 g/mol. The van der Waals surface area contributed by atoms with Gasteiger partial charge in [-0.25, -0.2) is 4.39 Å². The van der Waals surface area contributed by atoms with E-state index in [4.69, 9.17) is 4.42 Å². The van der Waals surface area contributed by atoms with Crippen LogP contribution in [0.25, 0.3) is 0 Å². The average Bonchev–Trinajstić information content (AvgIpc) is 3.25. The third-order valence-electron chi connectivity index (χ3n) is 6.24. The van der Waals surface area contributed by atoms with Crippen LogP contribution in [0.5, 0.6) is 0 Å². The van der Waals surface area contributed by atoms with Crippen molar-refractivity contribution in [1.82, 2.24) is 0 Å². The van der Waals surface area contributed by atoms with Crippen LogP contribution in [0, 0.1) is 11.2 Å². The molecule has 0 saturated heterocycles. The zero-order valence-corrected chi connectivity index (χ0v) is 19.1. The van der Waals surface area contributed by atoms with Gasteiger partial charge < -0.3 is 20.0 Å². The van der Waals surface area contributed by atoms with E-state index in [1.165, 1.54) is 12.1 Å². The number of allylic oxidation sites excluding steroid dienone is 1. The third-order valence-corrected chi connectivity index (χ3v) is 6.24. The zero-order valence-electron chi connectivity index (χ0n) is 19.1. The molecule has 0 radical (unpaired) electrons. The van der Waals surface area contributed by atoms with Gasteiger partial charge in [-0.2, -0.15) is 0 Å². The van der Waals surface area contributed by atoms with Crippen molar-refractivity contribution in [1.29, 1.82) is 0 Å². The smallest absolute Gasteiger partial charge is 0.243 e. The van der Waals surface area contributed by atoms with Crippen LogP contribution in [0.2, 0.25) is 0 Å². The largest absolute Gasteiger partial charge is 0.467 e. The van der Waals surface area contributed by atoms with Crippen molar-refractivity contribution in [2.45, 2.75) is 32.7 Å². The number of carbonyl (C=O) groups is 2. The highest BCUT2D eigenvalue weighted by Crippen LogP contribution is 2.48. The second-order valence-electron chi connectivity index (χ2n) is 9.58. The monoisotopic (exact) mass is 459 g/mol. The van der Waals surface area contributed by atoms with Gasteiger partial charge in [0.2, 0.25) is 5.91 Å². The predicted molar refractivity (Wildman–Crippen MR) is 129 cm³/mol.